The van der Waals surface area contributed by atoms with Crippen molar-refractivity contribution in [2.75, 3.05) is 0 Å². The van der Waals surface area contributed by atoms with E-state index in [4.69, 9.17) is 0 Å². The molecule has 0 saturated carbocycles. The first-order chi connectivity index (χ1) is 9.99. The van der Waals surface area contributed by atoms with Gasteiger partial charge in [-0.05, 0) is 50.6 Å². The molecule has 0 fully saturated rings. The maximum Gasteiger partial charge on any atom is 0.257 e. The van der Waals surface area contributed by atoms with Crippen molar-refractivity contribution < 1.29 is 9.18 Å². The number of benzene rings is 1. The van der Waals surface area contributed by atoms with Crippen LogP contribution in [0.15, 0.2) is 42.6 Å². The predicted octanol–water partition coefficient (Wildman–Crippen LogP) is 3.58. The highest BCUT2D eigenvalue weighted by molar-refractivity contribution is 5.94. The van der Waals surface area contributed by atoms with E-state index in [9.17, 15) is 9.18 Å². The Morgan fingerprint density at radius 2 is 2.05 bits per heavy atom. The van der Waals surface area contributed by atoms with Gasteiger partial charge in [-0.2, -0.15) is 0 Å². The first-order valence-electron chi connectivity index (χ1n) is 6.96. The van der Waals surface area contributed by atoms with Crippen molar-refractivity contribution in [2.24, 2.45) is 0 Å². The fraction of sp³-hybridized carbons (Fsp3) is 0.294. The van der Waals surface area contributed by atoms with Gasteiger partial charge in [-0.3, -0.25) is 9.78 Å². The number of aromatic nitrogens is 1. The third kappa shape index (κ3) is 3.66. The summed E-state index contributed by atoms with van der Waals surface area (Å²) in [5.74, 6) is -0.792. The van der Waals surface area contributed by atoms with Gasteiger partial charge in [0.1, 0.15) is 5.82 Å². The second kappa shape index (κ2) is 6.48. The minimum atomic E-state index is -0.480. The average molecular weight is 286 g/mol. The molecule has 0 unspecified atom stereocenters. The molecule has 2 rings (SSSR count). The van der Waals surface area contributed by atoms with Gasteiger partial charge in [0, 0.05) is 12.2 Å². The van der Waals surface area contributed by atoms with Gasteiger partial charge in [0.2, 0.25) is 0 Å². The van der Waals surface area contributed by atoms with Gasteiger partial charge in [-0.25, -0.2) is 4.39 Å². The van der Waals surface area contributed by atoms with Crippen LogP contribution in [0, 0.1) is 12.7 Å². The smallest absolute Gasteiger partial charge is 0.257 e. The lowest BCUT2D eigenvalue weighted by atomic mass is 10.1. The van der Waals surface area contributed by atoms with Crippen LogP contribution in [0.2, 0.25) is 0 Å². The van der Waals surface area contributed by atoms with Crippen LogP contribution >= 0.6 is 0 Å². The molecule has 1 aromatic carbocycles. The number of aryl methyl sites for hydroxylation is 1. The normalized spacial score (nSPS) is 10.7. The topological polar surface area (TPSA) is 33.2 Å². The third-order valence-corrected chi connectivity index (χ3v) is 3.30. The van der Waals surface area contributed by atoms with Gasteiger partial charge in [0.05, 0.1) is 17.8 Å². The van der Waals surface area contributed by atoms with E-state index in [0.717, 1.165) is 11.3 Å². The number of amides is 1. The summed E-state index contributed by atoms with van der Waals surface area (Å²) in [6.45, 7) is 5.98. The molecule has 0 bridgehead atoms. The lowest BCUT2D eigenvalue weighted by Crippen LogP contribution is -2.37. The summed E-state index contributed by atoms with van der Waals surface area (Å²) >= 11 is 0. The first kappa shape index (κ1) is 15.2. The summed E-state index contributed by atoms with van der Waals surface area (Å²) in [6.07, 6.45) is 1.69. The molecule has 0 N–H and O–H groups in total. The molecule has 1 amide bonds. The zero-order valence-corrected chi connectivity index (χ0v) is 12.5. The second-order valence-electron chi connectivity index (χ2n) is 5.33. The summed E-state index contributed by atoms with van der Waals surface area (Å²) in [6, 6.07) is 10.2. The van der Waals surface area contributed by atoms with Crippen molar-refractivity contribution in [1.82, 2.24) is 9.88 Å². The van der Waals surface area contributed by atoms with Gasteiger partial charge in [0.15, 0.2) is 0 Å². The van der Waals surface area contributed by atoms with E-state index in [1.807, 2.05) is 32.0 Å². The molecule has 0 aliphatic carbocycles. The molecular formula is C17H19FN2O. The van der Waals surface area contributed by atoms with Crippen molar-refractivity contribution in [3.8, 4) is 0 Å². The number of hydrogen-bond acceptors (Lipinski definition) is 2. The minimum absolute atomic E-state index is 0.0415. The predicted molar refractivity (Wildman–Crippen MR) is 80.4 cm³/mol. The Balaban J connectivity index is 2.27. The second-order valence-corrected chi connectivity index (χ2v) is 5.33. The fourth-order valence-corrected chi connectivity index (χ4v) is 2.10. The Kier molecular flexibility index (Phi) is 4.68. The molecule has 110 valence electrons. The molecule has 1 heterocycles. The Bertz CT molecular complexity index is 626. The van der Waals surface area contributed by atoms with E-state index < -0.39 is 5.82 Å². The molecule has 0 spiro atoms. The van der Waals surface area contributed by atoms with Crippen molar-refractivity contribution in [3.05, 3.63) is 65.2 Å². The fourth-order valence-electron chi connectivity index (χ4n) is 2.10. The Labute approximate surface area is 124 Å². The van der Waals surface area contributed by atoms with E-state index in [1.165, 1.54) is 6.07 Å². The molecule has 0 aliphatic heterocycles. The number of rotatable bonds is 4. The van der Waals surface area contributed by atoms with E-state index in [0.29, 0.717) is 6.54 Å². The number of nitrogens with zero attached hydrogens (tertiary/aromatic N) is 2. The van der Waals surface area contributed by atoms with Gasteiger partial charge < -0.3 is 4.90 Å². The third-order valence-electron chi connectivity index (χ3n) is 3.30. The van der Waals surface area contributed by atoms with Crippen molar-refractivity contribution in [2.45, 2.75) is 33.4 Å². The molecule has 2 aromatic rings. The molecular weight excluding hydrogens is 267 g/mol. The largest absolute Gasteiger partial charge is 0.330 e. The highest BCUT2D eigenvalue weighted by Crippen LogP contribution is 2.16. The molecule has 0 atom stereocenters. The molecule has 1 aromatic heterocycles. The van der Waals surface area contributed by atoms with Crippen LogP contribution in [0.3, 0.4) is 0 Å². The number of carbonyl (C=O) groups is 1. The van der Waals surface area contributed by atoms with Crippen LogP contribution in [-0.2, 0) is 6.54 Å². The molecule has 0 saturated heterocycles. The zero-order chi connectivity index (χ0) is 15.4. The van der Waals surface area contributed by atoms with Crippen LogP contribution < -0.4 is 0 Å². The number of pyridine rings is 1. The first-order valence-corrected chi connectivity index (χ1v) is 6.96. The van der Waals surface area contributed by atoms with Crippen molar-refractivity contribution >= 4 is 5.91 Å². The van der Waals surface area contributed by atoms with Gasteiger partial charge in [0.25, 0.3) is 5.91 Å². The number of carbonyl (C=O) groups excluding carboxylic acids is 1. The van der Waals surface area contributed by atoms with Crippen molar-refractivity contribution in [3.63, 3.8) is 0 Å². The molecule has 21 heavy (non-hydrogen) atoms. The van der Waals surface area contributed by atoms with Gasteiger partial charge in [-0.15, -0.1) is 0 Å². The van der Waals surface area contributed by atoms with Crippen LogP contribution in [0.1, 0.15) is 35.5 Å². The highest BCUT2D eigenvalue weighted by Gasteiger charge is 2.22. The van der Waals surface area contributed by atoms with E-state index in [2.05, 4.69) is 4.98 Å². The molecule has 0 aliphatic rings. The van der Waals surface area contributed by atoms with Gasteiger partial charge in [-0.1, -0.05) is 12.1 Å². The molecule has 0 radical (unpaired) electrons. The van der Waals surface area contributed by atoms with E-state index in [1.54, 1.807) is 30.2 Å². The number of hydrogen-bond donors (Lipinski definition) is 0. The molecule has 3 nitrogen and oxygen atoms in total. The molecule has 4 heteroatoms. The summed E-state index contributed by atoms with van der Waals surface area (Å²) < 4.78 is 14.0. The quantitative estimate of drug-likeness (QED) is 0.860. The van der Waals surface area contributed by atoms with Crippen LogP contribution in [-0.4, -0.2) is 21.8 Å². The lowest BCUT2D eigenvalue weighted by molar-refractivity contribution is 0.0683. The van der Waals surface area contributed by atoms with E-state index >= 15 is 0 Å². The van der Waals surface area contributed by atoms with Crippen molar-refractivity contribution in [1.29, 1.82) is 0 Å². The summed E-state index contributed by atoms with van der Waals surface area (Å²) in [5.41, 5.74) is 1.68. The SMILES string of the molecule is Cc1ccc(C(=O)N(Cc2ccccn2)C(C)C)c(F)c1. The maximum atomic E-state index is 14.0. The van der Waals surface area contributed by atoms with Gasteiger partial charge >= 0.3 is 0 Å². The Morgan fingerprint density at radius 1 is 1.29 bits per heavy atom. The minimum Gasteiger partial charge on any atom is -0.330 e. The lowest BCUT2D eigenvalue weighted by Gasteiger charge is -2.26. The highest BCUT2D eigenvalue weighted by atomic mass is 19.1. The number of halogens is 1. The average Bonchev–Trinajstić information content (AvgIpc) is 2.45. The van der Waals surface area contributed by atoms with E-state index in [-0.39, 0.29) is 17.5 Å². The Morgan fingerprint density at radius 3 is 2.62 bits per heavy atom. The van der Waals surface area contributed by atoms with Crippen LogP contribution in [0.4, 0.5) is 4.39 Å². The summed E-state index contributed by atoms with van der Waals surface area (Å²) in [5, 5.41) is 0. The maximum absolute atomic E-state index is 14.0. The Hall–Kier alpha value is -2.23. The van der Waals surface area contributed by atoms with Crippen LogP contribution in [0.25, 0.3) is 0 Å². The van der Waals surface area contributed by atoms with Crippen LogP contribution in [0.5, 0.6) is 0 Å². The standard InChI is InChI=1S/C17H19FN2O/c1-12(2)20(11-14-6-4-5-9-19-14)17(21)15-8-7-13(3)10-16(15)18/h4-10,12H,11H2,1-3H3. The zero-order valence-electron chi connectivity index (χ0n) is 12.5. The summed E-state index contributed by atoms with van der Waals surface area (Å²) in [4.78, 5) is 18.4. The summed E-state index contributed by atoms with van der Waals surface area (Å²) in [7, 11) is 0. The monoisotopic (exact) mass is 286 g/mol.